The number of hydrogen-bond acceptors (Lipinski definition) is 4. The van der Waals surface area contributed by atoms with Crippen LogP contribution in [0, 0.1) is 0 Å². The summed E-state index contributed by atoms with van der Waals surface area (Å²) in [6.45, 7) is 2.19. The molecule has 0 bridgehead atoms. The summed E-state index contributed by atoms with van der Waals surface area (Å²) < 4.78 is 0. The largest absolute Gasteiger partial charge is 0.384 e. The zero-order valence-electron chi connectivity index (χ0n) is 9.67. The number of para-hydroxylation sites is 1. The topological polar surface area (TPSA) is 55.0 Å². The lowest BCUT2D eigenvalue weighted by molar-refractivity contribution is 0.749. The third-order valence-electron chi connectivity index (χ3n) is 3.13. The molecule has 1 aromatic heterocycles. The number of fused-ring (bicyclic) bond motifs is 1. The number of nitrogens with zero attached hydrogens (tertiary/aromatic N) is 3. The van der Waals surface area contributed by atoms with Gasteiger partial charge in [-0.05, 0) is 25.0 Å². The van der Waals surface area contributed by atoms with Gasteiger partial charge in [-0.2, -0.15) is 0 Å². The lowest BCUT2D eigenvalue weighted by Gasteiger charge is -2.23. The Bertz CT molecular complexity index is 553. The van der Waals surface area contributed by atoms with Gasteiger partial charge in [0.1, 0.15) is 18.0 Å². The number of hydrogen-bond donors (Lipinski definition) is 1. The molecular weight excluding hydrogens is 212 g/mol. The molecule has 2 N–H and O–H groups in total. The Labute approximate surface area is 100 Å². The molecule has 2 aromatic rings. The van der Waals surface area contributed by atoms with Crippen LogP contribution in [0.4, 0.5) is 17.3 Å². The fourth-order valence-corrected chi connectivity index (χ4v) is 2.41. The van der Waals surface area contributed by atoms with Crippen LogP contribution in [0.2, 0.25) is 0 Å². The van der Waals surface area contributed by atoms with E-state index < -0.39 is 0 Å². The average molecular weight is 226 g/mol. The number of rotatable bonds is 1. The van der Waals surface area contributed by atoms with Gasteiger partial charge in [-0.25, -0.2) is 9.97 Å². The average Bonchev–Trinajstić information content (AvgIpc) is 2.64. The van der Waals surface area contributed by atoms with Gasteiger partial charge in [0.25, 0.3) is 0 Å². The summed E-state index contributed by atoms with van der Waals surface area (Å²) in [4.78, 5) is 10.5. The van der Waals surface area contributed by atoms with Crippen molar-refractivity contribution in [1.29, 1.82) is 0 Å². The van der Waals surface area contributed by atoms with Crippen LogP contribution >= 0.6 is 0 Å². The summed E-state index contributed by atoms with van der Waals surface area (Å²) in [5, 5.41) is 0. The highest BCUT2D eigenvalue weighted by atomic mass is 15.2. The number of nitrogens with two attached hydrogens (primary N) is 1. The smallest absolute Gasteiger partial charge is 0.138 e. The van der Waals surface area contributed by atoms with Gasteiger partial charge in [0.15, 0.2) is 0 Å². The molecule has 1 aliphatic rings. The second-order valence-corrected chi connectivity index (χ2v) is 4.35. The molecule has 4 nitrogen and oxygen atoms in total. The molecule has 17 heavy (non-hydrogen) atoms. The van der Waals surface area contributed by atoms with Crippen molar-refractivity contribution in [2.24, 2.45) is 0 Å². The van der Waals surface area contributed by atoms with E-state index in [4.69, 9.17) is 5.73 Å². The van der Waals surface area contributed by atoms with Crippen LogP contribution in [0.15, 0.2) is 36.7 Å². The minimum atomic E-state index is 0.404. The maximum absolute atomic E-state index is 5.71. The van der Waals surface area contributed by atoms with Gasteiger partial charge < -0.3 is 10.6 Å². The Hall–Kier alpha value is -2.10. The van der Waals surface area contributed by atoms with Gasteiger partial charge in [0.05, 0.1) is 0 Å². The molecule has 86 valence electrons. The van der Waals surface area contributed by atoms with Gasteiger partial charge in [-0.1, -0.05) is 18.2 Å². The third kappa shape index (κ3) is 1.62. The summed E-state index contributed by atoms with van der Waals surface area (Å²) in [5.74, 6) is 1.38. The Morgan fingerprint density at radius 3 is 2.94 bits per heavy atom. The Balaban J connectivity index is 2.09. The first-order valence-corrected chi connectivity index (χ1v) is 5.70. The third-order valence-corrected chi connectivity index (χ3v) is 3.13. The lowest BCUT2D eigenvalue weighted by atomic mass is 10.1. The van der Waals surface area contributed by atoms with E-state index in [0.717, 1.165) is 12.2 Å². The molecule has 0 radical (unpaired) electrons. The molecule has 1 aliphatic heterocycles. The first-order chi connectivity index (χ1) is 8.25. The van der Waals surface area contributed by atoms with Gasteiger partial charge in [0, 0.05) is 17.8 Å². The summed E-state index contributed by atoms with van der Waals surface area (Å²) in [7, 11) is 0. The highest BCUT2D eigenvalue weighted by molar-refractivity contribution is 5.69. The van der Waals surface area contributed by atoms with Crippen molar-refractivity contribution in [3.63, 3.8) is 0 Å². The van der Waals surface area contributed by atoms with Crippen molar-refractivity contribution in [3.8, 4) is 0 Å². The fraction of sp³-hybridized carbons (Fsp3) is 0.231. The van der Waals surface area contributed by atoms with Crippen LogP contribution in [0.1, 0.15) is 12.5 Å². The number of anilines is 3. The van der Waals surface area contributed by atoms with Crippen LogP contribution in [0.3, 0.4) is 0 Å². The van der Waals surface area contributed by atoms with Gasteiger partial charge >= 0.3 is 0 Å². The molecule has 3 rings (SSSR count). The van der Waals surface area contributed by atoms with Gasteiger partial charge in [-0.3, -0.25) is 0 Å². The van der Waals surface area contributed by atoms with E-state index in [1.54, 1.807) is 0 Å². The van der Waals surface area contributed by atoms with Crippen molar-refractivity contribution < 1.29 is 0 Å². The molecule has 1 unspecified atom stereocenters. The molecule has 0 amide bonds. The molecule has 1 atom stereocenters. The van der Waals surface area contributed by atoms with Crippen molar-refractivity contribution >= 4 is 17.3 Å². The van der Waals surface area contributed by atoms with E-state index in [1.165, 1.54) is 17.6 Å². The maximum Gasteiger partial charge on any atom is 0.138 e. The summed E-state index contributed by atoms with van der Waals surface area (Å²) in [6.07, 6.45) is 2.55. The number of benzene rings is 1. The normalized spacial score (nSPS) is 18.2. The standard InChI is InChI=1S/C13H14N4/c1-9-6-10-4-2-3-5-11(10)17(9)13-7-12(14)15-8-16-13/h2-5,7-9H,6H2,1H3,(H2,14,15,16). The number of aromatic nitrogens is 2. The monoisotopic (exact) mass is 226 g/mol. The second-order valence-electron chi connectivity index (χ2n) is 4.35. The highest BCUT2D eigenvalue weighted by Gasteiger charge is 2.27. The van der Waals surface area contributed by atoms with Crippen LogP contribution in [0.5, 0.6) is 0 Å². The first-order valence-electron chi connectivity index (χ1n) is 5.70. The van der Waals surface area contributed by atoms with E-state index in [-0.39, 0.29) is 0 Å². The molecule has 0 spiro atoms. The van der Waals surface area contributed by atoms with Crippen LogP contribution in [-0.4, -0.2) is 16.0 Å². The quantitative estimate of drug-likeness (QED) is 0.809. The van der Waals surface area contributed by atoms with Crippen LogP contribution < -0.4 is 10.6 Å². The molecule has 0 saturated carbocycles. The Morgan fingerprint density at radius 2 is 2.12 bits per heavy atom. The molecule has 0 aliphatic carbocycles. The molecule has 0 saturated heterocycles. The van der Waals surface area contributed by atoms with Gasteiger partial charge in [0.2, 0.25) is 0 Å². The summed E-state index contributed by atoms with van der Waals surface area (Å²) >= 11 is 0. The van der Waals surface area contributed by atoms with Gasteiger partial charge in [-0.15, -0.1) is 0 Å². The van der Waals surface area contributed by atoms with Crippen LogP contribution in [-0.2, 0) is 6.42 Å². The molecule has 2 heterocycles. The Morgan fingerprint density at radius 1 is 1.29 bits per heavy atom. The SMILES string of the molecule is CC1Cc2ccccc2N1c1cc(N)ncn1. The lowest BCUT2D eigenvalue weighted by Crippen LogP contribution is -2.24. The predicted molar refractivity (Wildman–Crippen MR) is 68.2 cm³/mol. The maximum atomic E-state index is 5.71. The highest BCUT2D eigenvalue weighted by Crippen LogP contribution is 2.37. The van der Waals surface area contributed by atoms with Crippen molar-refractivity contribution in [1.82, 2.24) is 9.97 Å². The van der Waals surface area contributed by atoms with E-state index in [1.807, 2.05) is 6.07 Å². The van der Waals surface area contributed by atoms with Crippen molar-refractivity contribution in [2.75, 3.05) is 10.6 Å². The molecule has 1 aromatic carbocycles. The molecule has 0 fully saturated rings. The van der Waals surface area contributed by atoms with E-state index >= 15 is 0 Å². The van der Waals surface area contributed by atoms with E-state index in [0.29, 0.717) is 11.9 Å². The van der Waals surface area contributed by atoms with E-state index in [2.05, 4.69) is 46.1 Å². The zero-order valence-corrected chi connectivity index (χ0v) is 9.67. The minimum Gasteiger partial charge on any atom is -0.384 e. The molecule has 4 heteroatoms. The second kappa shape index (κ2) is 3.73. The fourth-order valence-electron chi connectivity index (χ4n) is 2.41. The minimum absolute atomic E-state index is 0.404. The first kappa shape index (κ1) is 10.1. The number of nitrogen functional groups attached to an aromatic ring is 1. The van der Waals surface area contributed by atoms with Crippen molar-refractivity contribution in [2.45, 2.75) is 19.4 Å². The predicted octanol–water partition coefficient (Wildman–Crippen LogP) is 2.14. The summed E-state index contributed by atoms with van der Waals surface area (Å²) in [5.41, 5.74) is 8.29. The van der Waals surface area contributed by atoms with Crippen molar-refractivity contribution in [3.05, 3.63) is 42.2 Å². The summed E-state index contributed by atoms with van der Waals surface area (Å²) in [6, 6.07) is 10.6. The van der Waals surface area contributed by atoms with Crippen LogP contribution in [0.25, 0.3) is 0 Å². The zero-order chi connectivity index (χ0) is 11.8. The van der Waals surface area contributed by atoms with E-state index in [9.17, 15) is 0 Å². The molecular formula is C13H14N4. The Kier molecular flexibility index (Phi) is 2.21.